The van der Waals surface area contributed by atoms with Gasteiger partial charge in [-0.05, 0) is 18.6 Å². The van der Waals surface area contributed by atoms with E-state index in [0.29, 0.717) is 57.2 Å². The molecule has 220 valence electrons. The third kappa shape index (κ3) is 5.79. The van der Waals surface area contributed by atoms with E-state index in [1.165, 1.54) is 11.3 Å². The molecule has 1 amide bonds. The van der Waals surface area contributed by atoms with Crippen molar-refractivity contribution in [1.82, 2.24) is 20.6 Å². The van der Waals surface area contributed by atoms with Crippen LogP contribution >= 0.6 is 34.5 Å². The predicted octanol–water partition coefficient (Wildman–Crippen LogP) is 6.45. The Kier molecular flexibility index (Phi) is 8.52. The van der Waals surface area contributed by atoms with Crippen LogP contribution in [0.25, 0.3) is 43.7 Å². The van der Waals surface area contributed by atoms with Gasteiger partial charge in [-0.15, -0.1) is 11.3 Å². The van der Waals surface area contributed by atoms with Gasteiger partial charge >= 0.3 is 0 Å². The van der Waals surface area contributed by atoms with Gasteiger partial charge in [0.2, 0.25) is 11.8 Å². The number of pyridine rings is 2. The summed E-state index contributed by atoms with van der Waals surface area (Å²) in [6, 6.07) is 17.6. The third-order valence-corrected chi connectivity index (χ3v) is 9.52. The van der Waals surface area contributed by atoms with E-state index in [2.05, 4.69) is 15.6 Å². The van der Waals surface area contributed by atoms with Crippen molar-refractivity contribution in [3.63, 3.8) is 0 Å². The normalized spacial score (nSPS) is 14.8. The van der Waals surface area contributed by atoms with E-state index in [0.717, 1.165) is 44.5 Å². The zero-order valence-corrected chi connectivity index (χ0v) is 25.6. The number of aliphatic hydroxyl groups excluding tert-OH is 1. The highest BCUT2D eigenvalue weighted by Crippen LogP contribution is 2.43. The van der Waals surface area contributed by atoms with Gasteiger partial charge in [0.05, 0.1) is 44.7 Å². The number of anilines is 1. The first-order valence-corrected chi connectivity index (χ1v) is 15.3. The number of hydrogen-bond acceptors (Lipinski definition) is 8. The summed E-state index contributed by atoms with van der Waals surface area (Å²) in [5, 5.41) is 17.0. The van der Waals surface area contributed by atoms with Crippen LogP contribution < -0.4 is 21.1 Å². The Morgan fingerprint density at radius 2 is 1.81 bits per heavy atom. The van der Waals surface area contributed by atoms with Gasteiger partial charge in [-0.2, -0.15) is 0 Å². The molecule has 0 radical (unpaired) electrons. The van der Waals surface area contributed by atoms with E-state index in [-0.39, 0.29) is 18.6 Å². The number of nitrogens with one attached hydrogen (secondary N) is 2. The van der Waals surface area contributed by atoms with Crippen molar-refractivity contribution in [2.75, 3.05) is 19.4 Å². The largest absolute Gasteiger partial charge is 0.481 e. The maximum atomic E-state index is 11.5. The molecule has 5 aromatic rings. The molecule has 6 rings (SSSR count). The number of nitrogen functional groups attached to an aromatic ring is 1. The summed E-state index contributed by atoms with van der Waals surface area (Å²) in [5.74, 6) is 0.603. The lowest BCUT2D eigenvalue weighted by Crippen LogP contribution is -2.35. The molecule has 8 nitrogen and oxygen atoms in total. The van der Waals surface area contributed by atoms with Crippen molar-refractivity contribution < 1.29 is 14.6 Å². The van der Waals surface area contributed by atoms with Gasteiger partial charge < -0.3 is 26.2 Å². The molecule has 0 aliphatic carbocycles. The van der Waals surface area contributed by atoms with Crippen LogP contribution in [0.5, 0.6) is 5.88 Å². The smallest absolute Gasteiger partial charge is 0.220 e. The molecule has 1 atom stereocenters. The number of ether oxygens (including phenoxy) is 1. The van der Waals surface area contributed by atoms with Crippen LogP contribution in [0.4, 0.5) is 5.69 Å². The predicted molar refractivity (Wildman–Crippen MR) is 174 cm³/mol. The SMILES string of the molecule is COc1nc(-c2cccc(-c3cccc(-c4cnc5c(N)c(CO)sc5c4)c3Cl)c2Cl)ccc1CNC[C@H]1CCC(=O)N1. The summed E-state index contributed by atoms with van der Waals surface area (Å²) in [6.07, 6.45) is 3.15. The summed E-state index contributed by atoms with van der Waals surface area (Å²) in [6.45, 7) is 1.10. The van der Waals surface area contributed by atoms with Gasteiger partial charge in [0.1, 0.15) is 5.52 Å². The lowest BCUT2D eigenvalue weighted by atomic mass is 9.97. The highest BCUT2D eigenvalue weighted by Gasteiger charge is 2.21. The van der Waals surface area contributed by atoms with Crippen molar-refractivity contribution in [1.29, 1.82) is 0 Å². The van der Waals surface area contributed by atoms with Gasteiger partial charge in [0, 0.05) is 65.1 Å². The summed E-state index contributed by atoms with van der Waals surface area (Å²) >= 11 is 15.5. The van der Waals surface area contributed by atoms with Crippen molar-refractivity contribution >= 4 is 56.3 Å². The number of aromatic nitrogens is 2. The molecule has 0 spiro atoms. The fourth-order valence-electron chi connectivity index (χ4n) is 5.35. The highest BCUT2D eigenvalue weighted by molar-refractivity contribution is 7.19. The molecule has 1 aliphatic rings. The fraction of sp³-hybridized carbons (Fsp3) is 0.219. The van der Waals surface area contributed by atoms with E-state index in [4.69, 9.17) is 38.7 Å². The number of benzene rings is 2. The Bertz CT molecular complexity index is 1840. The minimum absolute atomic E-state index is 0.0994. The number of nitrogens with zero attached hydrogens (tertiary/aromatic N) is 2. The monoisotopic (exact) mass is 633 g/mol. The lowest BCUT2D eigenvalue weighted by molar-refractivity contribution is -0.119. The summed E-state index contributed by atoms with van der Waals surface area (Å²) < 4.78 is 6.50. The number of amides is 1. The van der Waals surface area contributed by atoms with Crippen molar-refractivity contribution in [2.45, 2.75) is 32.0 Å². The number of rotatable bonds is 9. The first kappa shape index (κ1) is 29.3. The van der Waals surface area contributed by atoms with Crippen molar-refractivity contribution in [3.05, 3.63) is 81.3 Å². The Hall–Kier alpha value is -3.73. The number of carbonyl (C=O) groups is 1. The molecule has 4 heterocycles. The number of methoxy groups -OCH3 is 1. The molecule has 1 aliphatic heterocycles. The molecule has 0 unspecified atom stereocenters. The standard InChI is InChI=1S/C32H29Cl2N5O3S/c1-42-32-17(13-36-15-19-9-11-27(41)38-19)8-10-24(39-32)23-7-3-6-22(29(23)34)21-5-2-4-20(28(21)33)18-12-25-31(37-14-18)30(35)26(16-40)43-25/h2-8,10,12,14,19,36,40H,9,11,13,15-16,35H2,1H3,(H,38,41)/t19-/m1/s1. The molecule has 5 N–H and O–H groups in total. The van der Waals surface area contributed by atoms with E-state index < -0.39 is 0 Å². The van der Waals surface area contributed by atoms with Gasteiger partial charge in [-0.1, -0.05) is 65.7 Å². The quantitative estimate of drug-likeness (QED) is 0.147. The highest BCUT2D eigenvalue weighted by atomic mass is 35.5. The summed E-state index contributed by atoms with van der Waals surface area (Å²) in [4.78, 5) is 21.5. The molecule has 43 heavy (non-hydrogen) atoms. The van der Waals surface area contributed by atoms with Crippen LogP contribution in [0.15, 0.2) is 60.8 Å². The Morgan fingerprint density at radius 3 is 2.51 bits per heavy atom. The van der Waals surface area contributed by atoms with E-state index >= 15 is 0 Å². The number of aliphatic hydroxyl groups is 1. The number of nitrogens with two attached hydrogens (primary N) is 1. The number of thiophene rings is 1. The molecule has 0 saturated carbocycles. The molecule has 0 bridgehead atoms. The maximum Gasteiger partial charge on any atom is 0.220 e. The van der Waals surface area contributed by atoms with Gasteiger partial charge in [-0.3, -0.25) is 9.78 Å². The average molecular weight is 635 g/mol. The molecule has 1 saturated heterocycles. The fourth-order valence-corrected chi connectivity index (χ4v) is 7.00. The molecule has 11 heteroatoms. The number of fused-ring (bicyclic) bond motifs is 1. The van der Waals surface area contributed by atoms with Gasteiger partial charge in [0.15, 0.2) is 0 Å². The van der Waals surface area contributed by atoms with Crippen molar-refractivity contribution in [3.8, 4) is 39.4 Å². The van der Waals surface area contributed by atoms with Crippen LogP contribution in [0.3, 0.4) is 0 Å². The minimum Gasteiger partial charge on any atom is -0.481 e. The van der Waals surface area contributed by atoms with Crippen LogP contribution in [0.2, 0.25) is 10.0 Å². The van der Waals surface area contributed by atoms with E-state index in [1.54, 1.807) is 13.3 Å². The van der Waals surface area contributed by atoms with E-state index in [1.807, 2.05) is 54.6 Å². The zero-order chi connectivity index (χ0) is 30.1. The lowest BCUT2D eigenvalue weighted by Gasteiger charge is -2.15. The minimum atomic E-state index is -0.130. The second-order valence-electron chi connectivity index (χ2n) is 10.3. The van der Waals surface area contributed by atoms with E-state index in [9.17, 15) is 9.90 Å². The zero-order valence-electron chi connectivity index (χ0n) is 23.3. The van der Waals surface area contributed by atoms with Gasteiger partial charge in [0.25, 0.3) is 0 Å². The average Bonchev–Trinajstić information content (AvgIpc) is 3.59. The summed E-state index contributed by atoms with van der Waals surface area (Å²) in [7, 11) is 1.59. The second-order valence-corrected chi connectivity index (χ2v) is 12.2. The first-order chi connectivity index (χ1) is 20.9. The number of hydrogen-bond donors (Lipinski definition) is 4. The molecule has 3 aromatic heterocycles. The van der Waals surface area contributed by atoms with Crippen LogP contribution in [0.1, 0.15) is 23.3 Å². The van der Waals surface area contributed by atoms with Crippen LogP contribution in [-0.2, 0) is 17.9 Å². The van der Waals surface area contributed by atoms with Gasteiger partial charge in [-0.25, -0.2) is 4.98 Å². The van der Waals surface area contributed by atoms with Crippen LogP contribution in [0, 0.1) is 0 Å². The molecular formula is C32H29Cl2N5O3S. The molecule has 2 aromatic carbocycles. The topological polar surface area (TPSA) is 122 Å². The van der Waals surface area contributed by atoms with Crippen LogP contribution in [-0.4, -0.2) is 40.7 Å². The molecule has 1 fully saturated rings. The maximum absolute atomic E-state index is 11.5. The number of carbonyl (C=O) groups excluding carboxylic acids is 1. The van der Waals surface area contributed by atoms with Crippen molar-refractivity contribution in [2.24, 2.45) is 0 Å². The number of halogens is 2. The first-order valence-electron chi connectivity index (χ1n) is 13.8. The molecular weight excluding hydrogens is 605 g/mol. The Labute approximate surface area is 262 Å². The second kappa shape index (κ2) is 12.5. The summed E-state index contributed by atoms with van der Waals surface area (Å²) in [5.41, 5.74) is 12.8. The Balaban J connectivity index is 1.29. The third-order valence-electron chi connectivity index (χ3n) is 7.58. The Morgan fingerprint density at radius 1 is 1.09 bits per heavy atom.